The van der Waals surface area contributed by atoms with Gasteiger partial charge < -0.3 is 15.6 Å². The number of halogens is 1. The smallest absolute Gasteiger partial charge is 0.125 e. The third kappa shape index (κ3) is 3.16. The van der Waals surface area contributed by atoms with Gasteiger partial charge in [0.15, 0.2) is 0 Å². The van der Waals surface area contributed by atoms with Crippen LogP contribution in [0.25, 0.3) is 0 Å². The molecule has 1 aromatic rings. The van der Waals surface area contributed by atoms with E-state index >= 15 is 0 Å². The largest absolute Gasteiger partial charge is 0.487 e. The molecule has 0 amide bonds. The quantitative estimate of drug-likeness (QED) is 0.830. The van der Waals surface area contributed by atoms with Crippen LogP contribution in [0.5, 0.6) is 5.75 Å². The van der Waals surface area contributed by atoms with Crippen LogP contribution < -0.4 is 10.5 Å². The van der Waals surface area contributed by atoms with Gasteiger partial charge in [0, 0.05) is 17.1 Å². The molecule has 1 fully saturated rings. The molecule has 1 aliphatic carbocycles. The zero-order valence-electron chi connectivity index (χ0n) is 10.4. The van der Waals surface area contributed by atoms with Crippen molar-refractivity contribution in [1.29, 1.82) is 0 Å². The molecule has 2 unspecified atom stereocenters. The Morgan fingerprint density at radius 3 is 2.83 bits per heavy atom. The summed E-state index contributed by atoms with van der Waals surface area (Å²) in [7, 11) is 0. The maximum absolute atomic E-state index is 10.1. The second-order valence-electron chi connectivity index (χ2n) is 4.78. The van der Waals surface area contributed by atoms with E-state index in [0.29, 0.717) is 17.3 Å². The summed E-state index contributed by atoms with van der Waals surface area (Å²) in [5.74, 6) is 0.705. The van der Waals surface area contributed by atoms with Crippen molar-refractivity contribution in [3.05, 3.63) is 28.8 Å². The van der Waals surface area contributed by atoms with Gasteiger partial charge in [-0.2, -0.15) is 0 Å². The van der Waals surface area contributed by atoms with E-state index in [1.807, 2.05) is 12.1 Å². The third-order valence-corrected chi connectivity index (χ3v) is 3.83. The molecule has 0 heterocycles. The molecule has 100 valence electrons. The fraction of sp³-hybridized carbons (Fsp3) is 0.571. The lowest BCUT2D eigenvalue weighted by atomic mass is 10.1. The van der Waals surface area contributed by atoms with Crippen molar-refractivity contribution in [2.24, 2.45) is 5.73 Å². The minimum absolute atomic E-state index is 0.142. The summed E-state index contributed by atoms with van der Waals surface area (Å²) >= 11 is 6.09. The Kier molecular flexibility index (Phi) is 4.87. The summed E-state index contributed by atoms with van der Waals surface area (Å²) in [4.78, 5) is 0. The lowest BCUT2D eigenvalue weighted by molar-refractivity contribution is 0.0314. The zero-order chi connectivity index (χ0) is 13.0. The van der Waals surface area contributed by atoms with E-state index in [1.54, 1.807) is 6.07 Å². The molecule has 1 aromatic carbocycles. The molecule has 18 heavy (non-hydrogen) atoms. The molecule has 0 radical (unpaired) electrons. The van der Waals surface area contributed by atoms with Gasteiger partial charge in [-0.15, -0.1) is 0 Å². The maximum Gasteiger partial charge on any atom is 0.125 e. The van der Waals surface area contributed by atoms with Crippen molar-refractivity contribution in [3.8, 4) is 5.75 Å². The lowest BCUT2D eigenvalue weighted by Gasteiger charge is -2.23. The Hall–Kier alpha value is -0.770. The molecule has 2 rings (SSSR count). The summed E-state index contributed by atoms with van der Waals surface area (Å²) in [5.41, 5.74) is 6.51. The van der Waals surface area contributed by atoms with E-state index in [-0.39, 0.29) is 6.10 Å². The monoisotopic (exact) mass is 269 g/mol. The molecule has 3 nitrogen and oxygen atoms in total. The number of hydrogen-bond donors (Lipinski definition) is 2. The van der Waals surface area contributed by atoms with Gasteiger partial charge in [-0.1, -0.05) is 30.5 Å². The standard InChI is InChI=1S/C14H20ClNO2/c15-11-5-4-8-13(10(11)9-16)18-14-7-3-1-2-6-12(14)17/h4-5,8,12,14,17H,1-3,6-7,9,16H2. The minimum Gasteiger partial charge on any atom is -0.487 e. The SMILES string of the molecule is NCc1c(Cl)cccc1OC1CCCCCC1O. The first-order valence-corrected chi connectivity index (χ1v) is 6.92. The molecule has 0 bridgehead atoms. The predicted octanol–water partition coefficient (Wildman–Crippen LogP) is 2.87. The van der Waals surface area contributed by atoms with E-state index in [9.17, 15) is 5.11 Å². The molecule has 0 spiro atoms. The highest BCUT2D eigenvalue weighted by Gasteiger charge is 2.24. The number of benzene rings is 1. The molecule has 2 atom stereocenters. The van der Waals surface area contributed by atoms with Gasteiger partial charge in [-0.3, -0.25) is 0 Å². The topological polar surface area (TPSA) is 55.5 Å². The van der Waals surface area contributed by atoms with Crippen LogP contribution in [0.3, 0.4) is 0 Å². The average Bonchev–Trinajstić information content (AvgIpc) is 2.55. The minimum atomic E-state index is -0.392. The van der Waals surface area contributed by atoms with Crippen molar-refractivity contribution in [1.82, 2.24) is 0 Å². The Bertz CT molecular complexity index is 397. The third-order valence-electron chi connectivity index (χ3n) is 3.48. The Labute approximate surface area is 113 Å². The van der Waals surface area contributed by atoms with Crippen LogP contribution in [0.15, 0.2) is 18.2 Å². The van der Waals surface area contributed by atoms with Gasteiger partial charge in [0.05, 0.1) is 6.10 Å². The molecule has 0 aliphatic heterocycles. The highest BCUT2D eigenvalue weighted by atomic mass is 35.5. The second kappa shape index (κ2) is 6.41. The second-order valence-corrected chi connectivity index (χ2v) is 5.19. The molecular formula is C14H20ClNO2. The van der Waals surface area contributed by atoms with Crippen LogP contribution in [-0.4, -0.2) is 17.3 Å². The van der Waals surface area contributed by atoms with Gasteiger partial charge in [0.25, 0.3) is 0 Å². The number of rotatable bonds is 3. The number of hydrogen-bond acceptors (Lipinski definition) is 3. The fourth-order valence-corrected chi connectivity index (χ4v) is 2.65. The molecular weight excluding hydrogens is 250 g/mol. The highest BCUT2D eigenvalue weighted by Crippen LogP contribution is 2.29. The van der Waals surface area contributed by atoms with Crippen molar-refractivity contribution in [2.45, 2.75) is 50.9 Å². The van der Waals surface area contributed by atoms with Gasteiger partial charge >= 0.3 is 0 Å². The molecule has 0 saturated heterocycles. The van der Waals surface area contributed by atoms with Crippen LogP contribution in [-0.2, 0) is 6.54 Å². The summed E-state index contributed by atoms with van der Waals surface area (Å²) in [5, 5.41) is 10.7. The first-order valence-electron chi connectivity index (χ1n) is 6.54. The van der Waals surface area contributed by atoms with E-state index in [1.165, 1.54) is 0 Å². The molecule has 4 heteroatoms. The molecule has 0 aromatic heterocycles. The molecule has 3 N–H and O–H groups in total. The number of aliphatic hydroxyl groups is 1. The van der Waals surface area contributed by atoms with Crippen molar-refractivity contribution in [3.63, 3.8) is 0 Å². The Morgan fingerprint density at radius 1 is 1.28 bits per heavy atom. The fourth-order valence-electron chi connectivity index (χ4n) is 2.40. The first kappa shape index (κ1) is 13.7. The van der Waals surface area contributed by atoms with Gasteiger partial charge in [0.2, 0.25) is 0 Å². The van der Waals surface area contributed by atoms with E-state index in [2.05, 4.69) is 0 Å². The van der Waals surface area contributed by atoms with Gasteiger partial charge in [-0.05, 0) is 31.4 Å². The average molecular weight is 270 g/mol. The van der Waals surface area contributed by atoms with Gasteiger partial charge in [0.1, 0.15) is 11.9 Å². The summed E-state index contributed by atoms with van der Waals surface area (Å²) in [6, 6.07) is 5.52. The van der Waals surface area contributed by atoms with Crippen LogP contribution in [0, 0.1) is 0 Å². The van der Waals surface area contributed by atoms with Crippen LogP contribution >= 0.6 is 11.6 Å². The summed E-state index contributed by atoms with van der Waals surface area (Å²) in [6.07, 6.45) is 4.49. The number of ether oxygens (including phenoxy) is 1. The van der Waals surface area contributed by atoms with Crippen LogP contribution in [0.4, 0.5) is 0 Å². The van der Waals surface area contributed by atoms with E-state index < -0.39 is 6.10 Å². The maximum atomic E-state index is 10.1. The number of nitrogens with two attached hydrogens (primary N) is 1. The Balaban J connectivity index is 2.14. The molecule has 1 saturated carbocycles. The zero-order valence-corrected chi connectivity index (χ0v) is 11.2. The first-order chi connectivity index (χ1) is 8.72. The number of aliphatic hydroxyl groups excluding tert-OH is 1. The predicted molar refractivity (Wildman–Crippen MR) is 72.9 cm³/mol. The van der Waals surface area contributed by atoms with E-state index in [4.69, 9.17) is 22.1 Å². The summed E-state index contributed by atoms with van der Waals surface area (Å²) < 4.78 is 5.94. The Morgan fingerprint density at radius 2 is 2.06 bits per heavy atom. The molecule has 1 aliphatic rings. The van der Waals surface area contributed by atoms with Crippen LogP contribution in [0.2, 0.25) is 5.02 Å². The van der Waals surface area contributed by atoms with Crippen LogP contribution in [0.1, 0.15) is 37.7 Å². The normalized spacial score (nSPS) is 24.6. The highest BCUT2D eigenvalue weighted by molar-refractivity contribution is 6.31. The lowest BCUT2D eigenvalue weighted by Crippen LogP contribution is -2.31. The van der Waals surface area contributed by atoms with Gasteiger partial charge in [-0.25, -0.2) is 0 Å². The van der Waals surface area contributed by atoms with Crippen molar-refractivity contribution >= 4 is 11.6 Å². The van der Waals surface area contributed by atoms with Crippen molar-refractivity contribution in [2.75, 3.05) is 0 Å². The van der Waals surface area contributed by atoms with Crippen molar-refractivity contribution < 1.29 is 9.84 Å². The van der Waals surface area contributed by atoms with E-state index in [0.717, 1.165) is 37.7 Å². The summed E-state index contributed by atoms with van der Waals surface area (Å²) in [6.45, 7) is 0.345.